The SMILES string of the molecule is C=N/C=C(\C=C(/C)c1ccc2[nH]nc(C(=O)Nc3cncc(CN4CCN(C)CC4)c3)c2c1)CN1CCCC1. The molecule has 0 atom stereocenters. The lowest BCUT2D eigenvalue weighted by atomic mass is 10.0. The number of carbonyl (C=O) groups excluding carboxylic acids is 1. The van der Waals surface area contributed by atoms with Gasteiger partial charge in [0.15, 0.2) is 5.69 Å². The van der Waals surface area contributed by atoms with Gasteiger partial charge in [-0.15, -0.1) is 0 Å². The van der Waals surface area contributed by atoms with Gasteiger partial charge in [-0.3, -0.25) is 29.7 Å². The van der Waals surface area contributed by atoms with E-state index in [2.05, 4.69) is 73.0 Å². The predicted molar refractivity (Wildman–Crippen MR) is 158 cm³/mol. The Labute approximate surface area is 230 Å². The van der Waals surface area contributed by atoms with Gasteiger partial charge in [0.25, 0.3) is 5.91 Å². The molecule has 1 aromatic carbocycles. The van der Waals surface area contributed by atoms with Crippen LogP contribution in [-0.4, -0.2) is 95.4 Å². The largest absolute Gasteiger partial charge is 0.319 e. The van der Waals surface area contributed by atoms with Gasteiger partial charge in [0.05, 0.1) is 17.4 Å². The third-order valence-corrected chi connectivity index (χ3v) is 7.55. The molecule has 9 nitrogen and oxygen atoms in total. The number of hydrogen-bond donors (Lipinski definition) is 2. The zero-order valence-corrected chi connectivity index (χ0v) is 23.0. The minimum absolute atomic E-state index is 0.260. The molecule has 0 radical (unpaired) electrons. The van der Waals surface area contributed by atoms with Crippen LogP contribution in [-0.2, 0) is 6.54 Å². The summed E-state index contributed by atoms with van der Waals surface area (Å²) < 4.78 is 0. The maximum absolute atomic E-state index is 13.3. The van der Waals surface area contributed by atoms with E-state index < -0.39 is 0 Å². The van der Waals surface area contributed by atoms with Crippen molar-refractivity contribution in [2.24, 2.45) is 4.99 Å². The average Bonchev–Trinajstić information content (AvgIpc) is 3.60. The first-order chi connectivity index (χ1) is 19.0. The number of aromatic amines is 1. The summed E-state index contributed by atoms with van der Waals surface area (Å²) in [7, 11) is 2.15. The van der Waals surface area contributed by atoms with Gasteiger partial charge in [0.2, 0.25) is 0 Å². The van der Waals surface area contributed by atoms with E-state index in [-0.39, 0.29) is 5.91 Å². The zero-order chi connectivity index (χ0) is 27.2. The summed E-state index contributed by atoms with van der Waals surface area (Å²) in [6, 6.07) is 8.04. The molecule has 0 aliphatic carbocycles. The van der Waals surface area contributed by atoms with E-state index in [1.807, 2.05) is 30.6 Å². The first kappa shape index (κ1) is 26.9. The van der Waals surface area contributed by atoms with E-state index in [0.717, 1.165) is 85.5 Å². The second kappa shape index (κ2) is 12.5. The summed E-state index contributed by atoms with van der Waals surface area (Å²) in [5.41, 5.74) is 6.19. The van der Waals surface area contributed by atoms with E-state index in [0.29, 0.717) is 11.4 Å². The standard InChI is InChI=1S/C30H38N8O/c1-22(14-23(17-31-2)20-37-8-4-5-9-37)25-6-7-28-27(16-25)29(35-34-28)30(39)33-26-15-24(18-32-19-26)21-38-12-10-36(3)11-13-38/h6-7,14-19H,2,4-5,8-13,20-21H2,1,3H3,(H,33,39)(H,34,35)/b22-14+,23-17+. The molecule has 2 aromatic heterocycles. The Balaban J connectivity index is 1.31. The Morgan fingerprint density at radius 2 is 1.90 bits per heavy atom. The number of allylic oxidation sites excluding steroid dienone is 1. The fraction of sp³-hybridized carbons (Fsp3) is 0.400. The molecule has 1 amide bonds. The third kappa shape index (κ3) is 6.86. The van der Waals surface area contributed by atoms with E-state index in [9.17, 15) is 4.79 Å². The number of fused-ring (bicyclic) bond motifs is 1. The van der Waals surface area contributed by atoms with Crippen molar-refractivity contribution in [1.29, 1.82) is 0 Å². The molecule has 2 fully saturated rings. The number of amides is 1. The number of carbonyl (C=O) groups is 1. The molecule has 3 aromatic rings. The van der Waals surface area contributed by atoms with Crippen LogP contribution in [0.5, 0.6) is 0 Å². The molecular formula is C30H38N8O. The van der Waals surface area contributed by atoms with Gasteiger partial charge in [-0.2, -0.15) is 5.10 Å². The summed E-state index contributed by atoms with van der Waals surface area (Å²) in [5.74, 6) is -0.260. The highest BCUT2D eigenvalue weighted by molar-refractivity contribution is 6.11. The molecule has 2 N–H and O–H groups in total. The number of aliphatic imine (C=N–C) groups is 1. The van der Waals surface area contributed by atoms with E-state index in [1.54, 1.807) is 6.20 Å². The number of piperazine rings is 1. The molecule has 4 heterocycles. The minimum atomic E-state index is -0.260. The lowest BCUT2D eigenvalue weighted by molar-refractivity contribution is 0.102. The van der Waals surface area contributed by atoms with Crippen LogP contribution >= 0.6 is 0 Å². The van der Waals surface area contributed by atoms with Gasteiger partial charge in [-0.1, -0.05) is 12.1 Å². The Morgan fingerprint density at radius 1 is 1.10 bits per heavy atom. The van der Waals surface area contributed by atoms with E-state index in [1.165, 1.54) is 12.8 Å². The minimum Gasteiger partial charge on any atom is -0.319 e. The van der Waals surface area contributed by atoms with Crippen molar-refractivity contribution in [3.05, 3.63) is 71.3 Å². The normalized spacial score (nSPS) is 18.1. The lowest BCUT2D eigenvalue weighted by Gasteiger charge is -2.32. The summed E-state index contributed by atoms with van der Waals surface area (Å²) in [6.07, 6.45) is 10.0. The van der Waals surface area contributed by atoms with Crippen LogP contribution in [0.25, 0.3) is 16.5 Å². The van der Waals surface area contributed by atoms with Crippen LogP contribution in [0.15, 0.2) is 59.5 Å². The summed E-state index contributed by atoms with van der Waals surface area (Å²) in [6.45, 7) is 13.8. The van der Waals surface area contributed by atoms with Gasteiger partial charge < -0.3 is 10.2 Å². The highest BCUT2D eigenvalue weighted by Gasteiger charge is 2.18. The van der Waals surface area contributed by atoms with Crippen molar-refractivity contribution in [3.8, 4) is 0 Å². The van der Waals surface area contributed by atoms with E-state index >= 15 is 0 Å². The van der Waals surface area contributed by atoms with Crippen molar-refractivity contribution in [1.82, 2.24) is 29.9 Å². The second-order valence-corrected chi connectivity index (χ2v) is 10.6. The molecule has 39 heavy (non-hydrogen) atoms. The molecule has 5 rings (SSSR count). The zero-order valence-electron chi connectivity index (χ0n) is 23.0. The molecule has 0 bridgehead atoms. The lowest BCUT2D eigenvalue weighted by Crippen LogP contribution is -2.43. The van der Waals surface area contributed by atoms with Gasteiger partial charge in [-0.05, 0) is 87.1 Å². The van der Waals surface area contributed by atoms with Gasteiger partial charge in [-0.25, -0.2) is 0 Å². The molecule has 0 spiro atoms. The number of aromatic nitrogens is 3. The molecule has 9 heteroatoms. The third-order valence-electron chi connectivity index (χ3n) is 7.55. The topological polar surface area (TPSA) is 92.7 Å². The van der Waals surface area contributed by atoms with Crippen LogP contribution < -0.4 is 5.32 Å². The second-order valence-electron chi connectivity index (χ2n) is 10.6. The van der Waals surface area contributed by atoms with Crippen molar-refractivity contribution in [2.45, 2.75) is 26.3 Å². The number of benzene rings is 1. The Morgan fingerprint density at radius 3 is 2.67 bits per heavy atom. The Kier molecular flexibility index (Phi) is 8.61. The average molecular weight is 527 g/mol. The van der Waals surface area contributed by atoms with Crippen molar-refractivity contribution >= 4 is 34.8 Å². The maximum atomic E-state index is 13.3. The van der Waals surface area contributed by atoms with Crippen LogP contribution in [0.2, 0.25) is 0 Å². The van der Waals surface area contributed by atoms with Gasteiger partial charge in [0, 0.05) is 57.1 Å². The van der Waals surface area contributed by atoms with Gasteiger partial charge in [0.1, 0.15) is 0 Å². The number of likely N-dealkylation sites (N-methyl/N-ethyl adjacent to an activating group) is 1. The van der Waals surface area contributed by atoms with Crippen LogP contribution in [0.4, 0.5) is 5.69 Å². The van der Waals surface area contributed by atoms with Crippen LogP contribution in [0, 0.1) is 0 Å². The maximum Gasteiger partial charge on any atom is 0.276 e. The number of nitrogens with zero attached hydrogens (tertiary/aromatic N) is 6. The van der Waals surface area contributed by atoms with Crippen molar-refractivity contribution < 1.29 is 4.79 Å². The molecular weight excluding hydrogens is 488 g/mol. The first-order valence-corrected chi connectivity index (χ1v) is 13.7. The smallest absolute Gasteiger partial charge is 0.276 e. The summed E-state index contributed by atoms with van der Waals surface area (Å²) in [4.78, 5) is 28.9. The molecule has 2 saturated heterocycles. The molecule has 2 aliphatic rings. The predicted octanol–water partition coefficient (Wildman–Crippen LogP) is 4.04. The van der Waals surface area contributed by atoms with Crippen LogP contribution in [0.3, 0.4) is 0 Å². The Bertz CT molecular complexity index is 1380. The Hall–Kier alpha value is -3.66. The molecule has 204 valence electrons. The number of H-pyrrole nitrogens is 1. The molecule has 0 unspecified atom stereocenters. The van der Waals surface area contributed by atoms with Crippen LogP contribution in [0.1, 0.15) is 41.4 Å². The van der Waals surface area contributed by atoms with Crippen molar-refractivity contribution in [2.75, 3.05) is 58.2 Å². The molecule has 0 saturated carbocycles. The quantitative estimate of drug-likeness (QED) is 0.323. The number of pyridine rings is 1. The number of rotatable bonds is 9. The van der Waals surface area contributed by atoms with Gasteiger partial charge >= 0.3 is 0 Å². The number of anilines is 1. The van der Waals surface area contributed by atoms with E-state index in [4.69, 9.17) is 0 Å². The van der Waals surface area contributed by atoms with Crippen molar-refractivity contribution in [3.63, 3.8) is 0 Å². The first-order valence-electron chi connectivity index (χ1n) is 13.7. The number of hydrogen-bond acceptors (Lipinski definition) is 7. The summed E-state index contributed by atoms with van der Waals surface area (Å²) >= 11 is 0. The number of nitrogens with one attached hydrogen (secondary N) is 2. The highest BCUT2D eigenvalue weighted by atomic mass is 16.1. The fourth-order valence-corrected chi connectivity index (χ4v) is 5.33. The highest BCUT2D eigenvalue weighted by Crippen LogP contribution is 2.25. The summed E-state index contributed by atoms with van der Waals surface area (Å²) in [5, 5.41) is 11.1. The fourth-order valence-electron chi connectivity index (χ4n) is 5.33. The molecule has 2 aliphatic heterocycles. The monoisotopic (exact) mass is 526 g/mol. The number of likely N-dealkylation sites (tertiary alicyclic amines) is 1.